The summed E-state index contributed by atoms with van der Waals surface area (Å²) in [6.45, 7) is 12.6. The number of imidazole rings is 1. The van der Waals surface area contributed by atoms with Crippen LogP contribution in [0.5, 0.6) is 0 Å². The quantitative estimate of drug-likeness (QED) is 0.207. The van der Waals surface area contributed by atoms with Gasteiger partial charge in [-0.05, 0) is 74.5 Å². The molecule has 53 heavy (non-hydrogen) atoms. The Morgan fingerprint density at radius 1 is 0.981 bits per heavy atom. The number of nitrogens with zero attached hydrogens (tertiary/aromatic N) is 5. The van der Waals surface area contributed by atoms with Crippen LogP contribution in [0.2, 0.25) is 0 Å². The van der Waals surface area contributed by atoms with Crippen LogP contribution in [-0.2, 0) is 14.3 Å². The number of nitrogens with one attached hydrogen (secondary N) is 3. The molecule has 2 saturated heterocycles. The fraction of sp³-hybridized carbons (Fsp3) is 0.475. The lowest BCUT2D eigenvalue weighted by Crippen LogP contribution is -2.53. The number of aliphatic imine (C=N–C) groups is 1. The number of H-pyrrole nitrogens is 1. The van der Waals surface area contributed by atoms with Gasteiger partial charge in [-0.25, -0.2) is 14.2 Å². The van der Waals surface area contributed by atoms with E-state index in [2.05, 4.69) is 49.1 Å². The average molecular weight is 727 g/mol. The number of methoxy groups -OCH3 is 1. The van der Waals surface area contributed by atoms with Crippen molar-refractivity contribution in [3.8, 4) is 22.4 Å². The van der Waals surface area contributed by atoms with Gasteiger partial charge >= 0.3 is 6.09 Å². The highest BCUT2D eigenvalue weighted by atomic mass is 19.1. The van der Waals surface area contributed by atoms with Crippen LogP contribution in [0, 0.1) is 11.7 Å². The van der Waals surface area contributed by atoms with E-state index in [1.54, 1.807) is 17.2 Å². The second-order valence-corrected chi connectivity index (χ2v) is 14.2. The summed E-state index contributed by atoms with van der Waals surface area (Å²) < 4.78 is 20.3. The number of hydrogen-bond acceptors (Lipinski definition) is 8. The SMILES string of the molecule is CCN(CC)[C@H](C)C(=O)N1CCC[C@H]1c1ncc(-c2ccc(-c3ccc(C4=CNC([C@@H]5CCCN5C(=O)/C(=N/C(=O)OC)C(C)C)N4)cc3)cc2F)[nH]1. The second-order valence-electron chi connectivity index (χ2n) is 14.2. The van der Waals surface area contributed by atoms with Crippen LogP contribution in [0.1, 0.15) is 77.7 Å². The lowest BCUT2D eigenvalue weighted by molar-refractivity contribution is -0.137. The number of likely N-dealkylation sites (tertiary alicyclic amines) is 2. The van der Waals surface area contributed by atoms with Gasteiger partial charge < -0.3 is 30.2 Å². The number of benzene rings is 2. The van der Waals surface area contributed by atoms with Gasteiger partial charge in [0.1, 0.15) is 23.5 Å². The molecule has 2 fully saturated rings. The highest BCUT2D eigenvalue weighted by Crippen LogP contribution is 2.34. The maximum atomic E-state index is 15.7. The number of ether oxygens (including phenoxy) is 1. The predicted octanol–water partition coefficient (Wildman–Crippen LogP) is 5.95. The Morgan fingerprint density at radius 2 is 1.66 bits per heavy atom. The number of carbonyl (C=O) groups excluding carboxylic acids is 3. The molecule has 4 heterocycles. The lowest BCUT2D eigenvalue weighted by atomic mass is 10.0. The minimum absolute atomic E-state index is 0.100. The van der Waals surface area contributed by atoms with Gasteiger partial charge in [0, 0.05) is 30.8 Å². The number of aromatic amines is 1. The van der Waals surface area contributed by atoms with Crippen LogP contribution in [-0.4, -0.2) is 99.8 Å². The number of halogens is 1. The number of likely N-dealkylation sites (N-methyl/N-ethyl adjacent to an activating group) is 1. The zero-order chi connectivity index (χ0) is 37.8. The Bertz CT molecular complexity index is 1870. The Morgan fingerprint density at radius 3 is 2.34 bits per heavy atom. The maximum Gasteiger partial charge on any atom is 0.433 e. The van der Waals surface area contributed by atoms with Crippen molar-refractivity contribution in [1.82, 2.24) is 35.3 Å². The van der Waals surface area contributed by atoms with Gasteiger partial charge in [0.2, 0.25) is 5.91 Å². The minimum Gasteiger partial charge on any atom is -0.451 e. The van der Waals surface area contributed by atoms with Crippen LogP contribution >= 0.6 is 0 Å². The molecule has 0 radical (unpaired) electrons. The number of hydrogen-bond donors (Lipinski definition) is 3. The molecule has 3 aliphatic rings. The van der Waals surface area contributed by atoms with E-state index in [1.807, 2.05) is 62.2 Å². The second kappa shape index (κ2) is 16.3. The van der Waals surface area contributed by atoms with E-state index < -0.39 is 6.09 Å². The molecule has 2 aromatic carbocycles. The predicted molar refractivity (Wildman–Crippen MR) is 203 cm³/mol. The molecule has 3 aliphatic heterocycles. The van der Waals surface area contributed by atoms with Gasteiger partial charge in [-0.1, -0.05) is 58.0 Å². The minimum atomic E-state index is -0.783. The maximum absolute atomic E-state index is 15.7. The van der Waals surface area contributed by atoms with Crippen molar-refractivity contribution in [3.05, 3.63) is 72.1 Å². The van der Waals surface area contributed by atoms with Gasteiger partial charge in [0.25, 0.3) is 5.91 Å². The van der Waals surface area contributed by atoms with Crippen molar-refractivity contribution in [2.75, 3.05) is 33.3 Å². The van der Waals surface area contributed by atoms with E-state index >= 15 is 4.39 Å². The molecule has 13 heteroatoms. The number of amides is 3. The first-order valence-corrected chi connectivity index (χ1v) is 18.7. The van der Waals surface area contributed by atoms with E-state index in [-0.39, 0.29) is 53.6 Å². The summed E-state index contributed by atoms with van der Waals surface area (Å²) in [6, 6.07) is 12.6. The Labute approximate surface area is 310 Å². The molecule has 12 nitrogen and oxygen atoms in total. The van der Waals surface area contributed by atoms with Crippen LogP contribution in [0.25, 0.3) is 28.1 Å². The van der Waals surface area contributed by atoms with Gasteiger partial charge in [-0.2, -0.15) is 4.99 Å². The first-order chi connectivity index (χ1) is 25.5. The molecule has 6 rings (SSSR count). The topological polar surface area (TPSA) is 135 Å². The molecule has 282 valence electrons. The fourth-order valence-corrected chi connectivity index (χ4v) is 7.78. The molecule has 0 bridgehead atoms. The highest BCUT2D eigenvalue weighted by molar-refractivity contribution is 6.40. The standard InChI is InChI=1S/C40H51FN8O4/c1-7-47(8-2)25(5)38(50)48-19-9-11-33(48)37-43-23-32(45-37)29-18-17-28(21-30(29)41)26-13-15-27(16-14-26)31-22-42-36(44-31)34-12-10-20-49(34)39(51)35(24(3)4)46-40(52)53-6/h13-18,21-25,33-34,36,42,44H,7-12,19-20H2,1-6H3,(H,43,45)/b46-35+/t25-,33+,34+,36?/m1/s1. The zero-order valence-electron chi connectivity index (χ0n) is 31.5. The smallest absolute Gasteiger partial charge is 0.433 e. The Hall–Kier alpha value is -5.04. The summed E-state index contributed by atoms with van der Waals surface area (Å²) in [7, 11) is 1.25. The highest BCUT2D eigenvalue weighted by Gasteiger charge is 2.39. The van der Waals surface area contributed by atoms with E-state index in [0.717, 1.165) is 61.2 Å². The van der Waals surface area contributed by atoms with Gasteiger partial charge in [0.15, 0.2) is 0 Å². The van der Waals surface area contributed by atoms with Gasteiger partial charge in [-0.3, -0.25) is 14.5 Å². The monoisotopic (exact) mass is 726 g/mol. The van der Waals surface area contributed by atoms with Crippen LogP contribution in [0.15, 0.2) is 59.9 Å². The number of aromatic nitrogens is 2. The van der Waals surface area contributed by atoms with Gasteiger partial charge in [-0.15, -0.1) is 0 Å². The largest absolute Gasteiger partial charge is 0.451 e. The normalized spacial score (nSPS) is 20.8. The number of rotatable bonds is 11. The van der Waals surface area contributed by atoms with E-state index in [1.165, 1.54) is 13.2 Å². The first-order valence-electron chi connectivity index (χ1n) is 18.7. The van der Waals surface area contributed by atoms with E-state index in [9.17, 15) is 14.4 Å². The summed E-state index contributed by atoms with van der Waals surface area (Å²) in [5.74, 6) is -0.0723. The molecule has 0 saturated carbocycles. The Kier molecular flexibility index (Phi) is 11.6. The molecule has 0 spiro atoms. The summed E-state index contributed by atoms with van der Waals surface area (Å²) in [5, 5.41) is 6.92. The number of carbonyl (C=O) groups is 3. The van der Waals surface area contributed by atoms with Crippen LogP contribution in [0.3, 0.4) is 0 Å². The van der Waals surface area contributed by atoms with Crippen molar-refractivity contribution < 1.29 is 23.5 Å². The summed E-state index contributed by atoms with van der Waals surface area (Å²) in [6.07, 6.45) is 5.94. The van der Waals surface area contributed by atoms with Crippen molar-refractivity contribution >= 4 is 29.3 Å². The van der Waals surface area contributed by atoms with Crippen molar-refractivity contribution in [3.63, 3.8) is 0 Å². The molecule has 1 aromatic heterocycles. The average Bonchev–Trinajstić information content (AvgIpc) is 4.00. The van der Waals surface area contributed by atoms with Crippen LogP contribution < -0.4 is 10.6 Å². The third-order valence-corrected chi connectivity index (χ3v) is 10.8. The van der Waals surface area contributed by atoms with Crippen molar-refractivity contribution in [1.29, 1.82) is 0 Å². The van der Waals surface area contributed by atoms with Crippen molar-refractivity contribution in [2.24, 2.45) is 10.9 Å². The van der Waals surface area contributed by atoms with E-state index in [0.29, 0.717) is 30.2 Å². The summed E-state index contributed by atoms with van der Waals surface area (Å²) in [5.41, 5.74) is 4.63. The third-order valence-electron chi connectivity index (χ3n) is 10.8. The van der Waals surface area contributed by atoms with Crippen molar-refractivity contribution in [2.45, 2.75) is 84.6 Å². The van der Waals surface area contributed by atoms with Gasteiger partial charge in [0.05, 0.1) is 42.8 Å². The summed E-state index contributed by atoms with van der Waals surface area (Å²) in [4.78, 5) is 56.4. The molecular formula is C40H51FN8O4. The molecule has 3 N–H and O–H groups in total. The molecule has 4 atom stereocenters. The zero-order valence-corrected chi connectivity index (χ0v) is 31.5. The molecule has 3 amide bonds. The first kappa shape index (κ1) is 37.7. The molecule has 3 aromatic rings. The molecule has 0 aliphatic carbocycles. The third kappa shape index (κ3) is 7.85. The summed E-state index contributed by atoms with van der Waals surface area (Å²) >= 11 is 0. The van der Waals surface area contributed by atoms with E-state index in [4.69, 9.17) is 0 Å². The fourth-order valence-electron chi connectivity index (χ4n) is 7.78. The Balaban J connectivity index is 1.10. The van der Waals surface area contributed by atoms with Crippen LogP contribution in [0.4, 0.5) is 9.18 Å². The lowest BCUT2D eigenvalue weighted by Gasteiger charge is -2.31. The molecule has 1 unspecified atom stereocenters. The molecular weight excluding hydrogens is 675 g/mol.